The molecule has 1 unspecified atom stereocenters. The van der Waals surface area contributed by atoms with Crippen LogP contribution < -0.4 is 11.1 Å². The monoisotopic (exact) mass is 311 g/mol. The fourth-order valence-electron chi connectivity index (χ4n) is 2.44. The molecule has 0 aliphatic carbocycles. The Morgan fingerprint density at radius 3 is 2.90 bits per heavy atom. The van der Waals surface area contributed by atoms with Crippen molar-refractivity contribution in [2.45, 2.75) is 25.3 Å². The maximum Gasteiger partial charge on any atom is 0.238 e. The van der Waals surface area contributed by atoms with Crippen LogP contribution in [0.4, 0.5) is 5.69 Å². The second-order valence-electron chi connectivity index (χ2n) is 4.91. The molecule has 0 spiro atoms. The third-order valence-corrected chi connectivity index (χ3v) is 4.04. The van der Waals surface area contributed by atoms with E-state index in [0.29, 0.717) is 15.7 Å². The fraction of sp³-hybridized carbons (Fsp3) is 0.429. The van der Waals surface area contributed by atoms with E-state index in [1.54, 1.807) is 12.1 Å². The number of likely N-dealkylation sites (tertiary alicyclic amines) is 1. The third-order valence-electron chi connectivity index (χ3n) is 3.44. The van der Waals surface area contributed by atoms with Crippen LogP contribution in [0.5, 0.6) is 0 Å². The number of nitrogens with zero attached hydrogens (tertiary/aromatic N) is 1. The fourth-order valence-corrected chi connectivity index (χ4v) is 2.89. The SMILES string of the molecule is NC(=S)C1CCCCN1CC(=O)Nc1ccccc1Cl. The zero-order valence-corrected chi connectivity index (χ0v) is 12.7. The summed E-state index contributed by atoms with van der Waals surface area (Å²) in [5.41, 5.74) is 6.37. The lowest BCUT2D eigenvalue weighted by atomic mass is 10.0. The second-order valence-corrected chi connectivity index (χ2v) is 5.79. The minimum absolute atomic E-state index is 0.0238. The topological polar surface area (TPSA) is 58.4 Å². The lowest BCUT2D eigenvalue weighted by Gasteiger charge is -2.34. The van der Waals surface area contributed by atoms with E-state index in [1.807, 2.05) is 17.0 Å². The number of halogens is 1. The van der Waals surface area contributed by atoms with Gasteiger partial charge in [0.1, 0.15) is 0 Å². The van der Waals surface area contributed by atoms with Crippen molar-refractivity contribution < 1.29 is 4.79 Å². The molecule has 0 bridgehead atoms. The van der Waals surface area contributed by atoms with Crippen LogP contribution in [-0.4, -0.2) is 34.9 Å². The van der Waals surface area contributed by atoms with Crippen LogP contribution in [-0.2, 0) is 4.79 Å². The highest BCUT2D eigenvalue weighted by molar-refractivity contribution is 7.80. The van der Waals surface area contributed by atoms with Gasteiger partial charge < -0.3 is 11.1 Å². The number of anilines is 1. The third kappa shape index (κ3) is 3.91. The van der Waals surface area contributed by atoms with E-state index in [1.165, 1.54) is 0 Å². The first-order valence-electron chi connectivity index (χ1n) is 6.65. The van der Waals surface area contributed by atoms with Gasteiger partial charge in [0, 0.05) is 0 Å². The molecule has 0 saturated carbocycles. The molecule has 1 saturated heterocycles. The number of thiocarbonyl (C=S) groups is 1. The molecule has 1 aromatic rings. The Morgan fingerprint density at radius 1 is 1.45 bits per heavy atom. The van der Waals surface area contributed by atoms with E-state index >= 15 is 0 Å². The van der Waals surface area contributed by atoms with Crippen molar-refractivity contribution in [3.05, 3.63) is 29.3 Å². The van der Waals surface area contributed by atoms with E-state index in [9.17, 15) is 4.79 Å². The van der Waals surface area contributed by atoms with E-state index in [2.05, 4.69) is 5.32 Å². The predicted octanol–water partition coefficient (Wildman–Crippen LogP) is 2.42. The summed E-state index contributed by atoms with van der Waals surface area (Å²) in [7, 11) is 0. The van der Waals surface area contributed by atoms with Crippen LogP contribution in [0.1, 0.15) is 19.3 Å². The van der Waals surface area contributed by atoms with Gasteiger partial charge in [0.25, 0.3) is 0 Å². The summed E-state index contributed by atoms with van der Waals surface area (Å²) in [5.74, 6) is -0.0961. The van der Waals surface area contributed by atoms with Crippen molar-refractivity contribution in [2.24, 2.45) is 5.73 Å². The number of nitrogens with two attached hydrogens (primary N) is 1. The van der Waals surface area contributed by atoms with E-state index in [0.717, 1.165) is 25.8 Å². The average molecular weight is 312 g/mol. The molecule has 1 fully saturated rings. The summed E-state index contributed by atoms with van der Waals surface area (Å²) in [6.07, 6.45) is 3.10. The van der Waals surface area contributed by atoms with Crippen LogP contribution in [0.25, 0.3) is 0 Å². The molecule has 4 nitrogen and oxygen atoms in total. The molecule has 0 radical (unpaired) electrons. The maximum absolute atomic E-state index is 12.1. The molecular formula is C14H18ClN3OS. The van der Waals surface area contributed by atoms with Crippen LogP contribution in [0.2, 0.25) is 5.02 Å². The summed E-state index contributed by atoms with van der Waals surface area (Å²) < 4.78 is 0. The molecule has 20 heavy (non-hydrogen) atoms. The maximum atomic E-state index is 12.1. The normalized spacial score (nSPS) is 19.6. The minimum Gasteiger partial charge on any atom is -0.392 e. The Bertz CT molecular complexity index is 509. The molecular weight excluding hydrogens is 294 g/mol. The van der Waals surface area contributed by atoms with Gasteiger partial charge in [0.05, 0.1) is 28.3 Å². The second kappa shape index (κ2) is 7.02. The zero-order valence-electron chi connectivity index (χ0n) is 11.1. The molecule has 3 N–H and O–H groups in total. The van der Waals surface area contributed by atoms with Crippen molar-refractivity contribution in [1.82, 2.24) is 4.90 Å². The van der Waals surface area contributed by atoms with Crippen LogP contribution in [0.15, 0.2) is 24.3 Å². The van der Waals surface area contributed by atoms with Gasteiger partial charge in [-0.3, -0.25) is 9.69 Å². The van der Waals surface area contributed by atoms with Crippen LogP contribution >= 0.6 is 23.8 Å². The van der Waals surface area contributed by atoms with Crippen molar-refractivity contribution in [3.8, 4) is 0 Å². The number of piperidine rings is 1. The first kappa shape index (κ1) is 15.2. The van der Waals surface area contributed by atoms with Gasteiger partial charge in [-0.25, -0.2) is 0 Å². The standard InChI is InChI=1S/C14H18ClN3OS/c15-10-5-1-2-6-11(10)17-13(19)9-18-8-4-3-7-12(18)14(16)20/h1-2,5-6,12H,3-4,7-9H2,(H2,16,20)(H,17,19). The molecule has 0 aromatic heterocycles. The van der Waals surface area contributed by atoms with Gasteiger partial charge >= 0.3 is 0 Å². The number of hydrogen-bond acceptors (Lipinski definition) is 3. The molecule has 6 heteroatoms. The summed E-state index contributed by atoms with van der Waals surface area (Å²) in [6.45, 7) is 1.13. The Labute approximate surface area is 129 Å². The highest BCUT2D eigenvalue weighted by Gasteiger charge is 2.26. The summed E-state index contributed by atoms with van der Waals surface area (Å²) in [4.78, 5) is 14.6. The van der Waals surface area contributed by atoms with Gasteiger partial charge in [-0.15, -0.1) is 0 Å². The van der Waals surface area contributed by atoms with Gasteiger partial charge in [-0.05, 0) is 31.5 Å². The number of carbonyl (C=O) groups is 1. The molecule has 1 aliphatic heterocycles. The van der Waals surface area contributed by atoms with Crippen molar-refractivity contribution >= 4 is 40.4 Å². The van der Waals surface area contributed by atoms with Gasteiger partial charge in [0.2, 0.25) is 5.91 Å². The highest BCUT2D eigenvalue weighted by atomic mass is 35.5. The largest absolute Gasteiger partial charge is 0.392 e. The number of rotatable bonds is 4. The van der Waals surface area contributed by atoms with E-state index < -0.39 is 0 Å². The molecule has 1 heterocycles. The number of nitrogens with one attached hydrogen (secondary N) is 1. The number of hydrogen-bond donors (Lipinski definition) is 2. The van der Waals surface area contributed by atoms with Crippen molar-refractivity contribution in [2.75, 3.05) is 18.4 Å². The summed E-state index contributed by atoms with van der Waals surface area (Å²) in [5, 5.41) is 3.35. The predicted molar refractivity (Wildman–Crippen MR) is 86.1 cm³/mol. The lowest BCUT2D eigenvalue weighted by Crippen LogP contribution is -2.49. The molecule has 108 valence electrons. The van der Waals surface area contributed by atoms with E-state index in [-0.39, 0.29) is 18.5 Å². The first-order valence-corrected chi connectivity index (χ1v) is 7.44. The van der Waals surface area contributed by atoms with Crippen molar-refractivity contribution in [1.29, 1.82) is 0 Å². The molecule has 2 rings (SSSR count). The Morgan fingerprint density at radius 2 is 2.20 bits per heavy atom. The minimum atomic E-state index is -0.0961. The summed E-state index contributed by atoms with van der Waals surface area (Å²) in [6, 6.07) is 7.21. The van der Waals surface area contributed by atoms with Gasteiger partial charge in [-0.2, -0.15) is 0 Å². The summed E-state index contributed by atoms with van der Waals surface area (Å²) >= 11 is 11.1. The van der Waals surface area contributed by atoms with Crippen LogP contribution in [0, 0.1) is 0 Å². The Kier molecular flexibility index (Phi) is 5.34. The van der Waals surface area contributed by atoms with Crippen molar-refractivity contribution in [3.63, 3.8) is 0 Å². The highest BCUT2D eigenvalue weighted by Crippen LogP contribution is 2.21. The number of para-hydroxylation sites is 1. The van der Waals surface area contributed by atoms with Gasteiger partial charge in [-0.1, -0.05) is 42.4 Å². The quantitative estimate of drug-likeness (QED) is 0.839. The molecule has 1 atom stereocenters. The number of carbonyl (C=O) groups excluding carboxylic acids is 1. The Hall–Kier alpha value is -1.17. The lowest BCUT2D eigenvalue weighted by molar-refractivity contribution is -0.117. The van der Waals surface area contributed by atoms with Gasteiger partial charge in [0.15, 0.2) is 0 Å². The molecule has 1 aliphatic rings. The van der Waals surface area contributed by atoms with E-state index in [4.69, 9.17) is 29.6 Å². The Balaban J connectivity index is 1.96. The first-order chi connectivity index (χ1) is 9.58. The molecule has 1 aromatic carbocycles. The molecule has 1 amide bonds. The average Bonchev–Trinajstić information content (AvgIpc) is 2.41. The number of amides is 1. The smallest absolute Gasteiger partial charge is 0.238 e. The number of benzene rings is 1. The van der Waals surface area contributed by atoms with Crippen LogP contribution in [0.3, 0.4) is 0 Å². The zero-order chi connectivity index (χ0) is 14.5.